The topological polar surface area (TPSA) is 81.1 Å². The van der Waals surface area contributed by atoms with Gasteiger partial charge in [-0.05, 0) is 28.1 Å². The lowest BCUT2D eigenvalue weighted by Gasteiger charge is -1.94. The largest absolute Gasteiger partial charge is 0.345 e. The lowest BCUT2D eigenvalue weighted by Crippen LogP contribution is -2.02. The number of nitrogens with one attached hydrogen (secondary N) is 1. The van der Waals surface area contributed by atoms with Gasteiger partial charge in [0.2, 0.25) is 12.3 Å². The van der Waals surface area contributed by atoms with E-state index in [1.165, 1.54) is 6.39 Å². The normalized spacial score (nSPS) is 10.9. The van der Waals surface area contributed by atoms with Crippen LogP contribution in [0, 0.1) is 0 Å². The van der Waals surface area contributed by atoms with Crippen LogP contribution in [0.2, 0.25) is 0 Å². The number of rotatable bonds is 3. The van der Waals surface area contributed by atoms with E-state index in [1.54, 1.807) is 4.52 Å². The number of aromatic nitrogens is 5. The molecule has 0 aliphatic rings. The van der Waals surface area contributed by atoms with Crippen LogP contribution in [-0.4, -0.2) is 24.7 Å². The molecular formula is C9H7BrN6O. The Morgan fingerprint density at radius 1 is 1.41 bits per heavy atom. The standard InChI is InChI=1S/C9H7BrN6O/c10-6-1-2-8-13-9(14-16(8)4-6)11-3-7-12-5-17-15-7/h1-2,4-5H,3H2,(H,11,14). The molecule has 0 bridgehead atoms. The Hall–Kier alpha value is -1.96. The van der Waals surface area contributed by atoms with E-state index in [2.05, 4.69) is 46.0 Å². The van der Waals surface area contributed by atoms with Crippen LogP contribution in [0.1, 0.15) is 5.82 Å². The monoisotopic (exact) mass is 294 g/mol. The molecule has 0 spiro atoms. The van der Waals surface area contributed by atoms with Crippen LogP contribution in [0.3, 0.4) is 0 Å². The highest BCUT2D eigenvalue weighted by Gasteiger charge is 2.04. The number of anilines is 1. The van der Waals surface area contributed by atoms with Gasteiger partial charge in [0, 0.05) is 10.7 Å². The maximum absolute atomic E-state index is 4.62. The van der Waals surface area contributed by atoms with Crippen molar-refractivity contribution in [3.63, 3.8) is 0 Å². The Morgan fingerprint density at radius 3 is 3.18 bits per heavy atom. The summed E-state index contributed by atoms with van der Waals surface area (Å²) in [7, 11) is 0. The summed E-state index contributed by atoms with van der Waals surface area (Å²) >= 11 is 3.37. The molecule has 0 fully saturated rings. The summed E-state index contributed by atoms with van der Waals surface area (Å²) in [6.45, 7) is 0.425. The minimum atomic E-state index is 0.425. The first-order valence-corrected chi connectivity index (χ1v) is 5.61. The smallest absolute Gasteiger partial charge is 0.243 e. The van der Waals surface area contributed by atoms with Gasteiger partial charge in [-0.25, -0.2) is 4.52 Å². The van der Waals surface area contributed by atoms with E-state index in [1.807, 2.05) is 18.3 Å². The molecule has 1 N–H and O–H groups in total. The quantitative estimate of drug-likeness (QED) is 0.788. The Morgan fingerprint density at radius 2 is 2.35 bits per heavy atom. The highest BCUT2D eigenvalue weighted by atomic mass is 79.9. The fraction of sp³-hybridized carbons (Fsp3) is 0.111. The Bertz CT molecular complexity index is 634. The minimum Gasteiger partial charge on any atom is -0.345 e. The van der Waals surface area contributed by atoms with Crippen molar-refractivity contribution in [3.8, 4) is 0 Å². The van der Waals surface area contributed by atoms with Crippen LogP contribution in [0.15, 0.2) is 33.7 Å². The first kappa shape index (κ1) is 10.2. The van der Waals surface area contributed by atoms with Crippen molar-refractivity contribution in [2.24, 2.45) is 0 Å². The van der Waals surface area contributed by atoms with Crippen LogP contribution >= 0.6 is 15.9 Å². The lowest BCUT2D eigenvalue weighted by molar-refractivity contribution is 0.411. The Kier molecular flexibility index (Phi) is 2.48. The van der Waals surface area contributed by atoms with E-state index in [4.69, 9.17) is 0 Å². The van der Waals surface area contributed by atoms with Crippen molar-refractivity contribution >= 4 is 27.5 Å². The number of pyridine rings is 1. The van der Waals surface area contributed by atoms with Crippen molar-refractivity contribution < 1.29 is 4.52 Å². The summed E-state index contributed by atoms with van der Waals surface area (Å²) in [6, 6.07) is 3.78. The molecule has 3 aromatic rings. The molecule has 0 atom stereocenters. The van der Waals surface area contributed by atoms with E-state index in [0.29, 0.717) is 18.3 Å². The average molecular weight is 295 g/mol. The molecule has 0 aliphatic carbocycles. The summed E-state index contributed by atoms with van der Waals surface area (Å²) < 4.78 is 7.25. The van der Waals surface area contributed by atoms with Crippen LogP contribution in [0.4, 0.5) is 5.95 Å². The van der Waals surface area contributed by atoms with E-state index >= 15 is 0 Å². The first-order valence-electron chi connectivity index (χ1n) is 4.82. The fourth-order valence-corrected chi connectivity index (χ4v) is 1.69. The molecule has 3 rings (SSSR count). The SMILES string of the molecule is Brc1ccc2nc(NCc3ncon3)nn2c1. The molecule has 3 heterocycles. The van der Waals surface area contributed by atoms with Gasteiger partial charge in [-0.3, -0.25) is 0 Å². The zero-order valence-corrected chi connectivity index (χ0v) is 10.1. The van der Waals surface area contributed by atoms with Crippen LogP contribution in [0.25, 0.3) is 5.65 Å². The Balaban J connectivity index is 1.81. The second-order valence-electron chi connectivity index (χ2n) is 3.29. The molecule has 7 nitrogen and oxygen atoms in total. The van der Waals surface area contributed by atoms with Gasteiger partial charge in [-0.15, -0.1) is 5.10 Å². The second kappa shape index (κ2) is 4.13. The average Bonchev–Trinajstić information content (AvgIpc) is 2.94. The molecule has 0 aromatic carbocycles. The molecule has 0 aliphatic heterocycles. The zero-order chi connectivity index (χ0) is 11.7. The molecule has 0 saturated heterocycles. The van der Waals surface area contributed by atoms with Crippen molar-refractivity contribution in [1.29, 1.82) is 0 Å². The Labute approximate surface area is 104 Å². The van der Waals surface area contributed by atoms with E-state index in [0.717, 1.165) is 10.1 Å². The van der Waals surface area contributed by atoms with E-state index in [-0.39, 0.29) is 0 Å². The second-order valence-corrected chi connectivity index (χ2v) is 4.20. The summed E-state index contributed by atoms with van der Waals surface area (Å²) in [5.41, 5.74) is 0.767. The first-order chi connectivity index (χ1) is 8.31. The molecule has 3 aromatic heterocycles. The molecule has 0 saturated carbocycles. The predicted octanol–water partition coefficient (Wildman–Crippen LogP) is 1.49. The summed E-state index contributed by atoms with van der Waals surface area (Å²) in [5, 5.41) is 10.9. The third-order valence-corrected chi connectivity index (χ3v) is 2.58. The molecule has 86 valence electrons. The van der Waals surface area contributed by atoms with Crippen LogP contribution < -0.4 is 5.32 Å². The number of halogens is 1. The van der Waals surface area contributed by atoms with Crippen LogP contribution in [0.5, 0.6) is 0 Å². The number of hydrogen-bond donors (Lipinski definition) is 1. The van der Waals surface area contributed by atoms with Crippen molar-refractivity contribution in [2.45, 2.75) is 6.54 Å². The zero-order valence-electron chi connectivity index (χ0n) is 8.54. The van der Waals surface area contributed by atoms with Gasteiger partial charge in [0.05, 0.1) is 6.54 Å². The maximum Gasteiger partial charge on any atom is 0.243 e. The van der Waals surface area contributed by atoms with Gasteiger partial charge >= 0.3 is 0 Å². The highest BCUT2D eigenvalue weighted by Crippen LogP contribution is 2.12. The molecule has 0 amide bonds. The summed E-state index contributed by atoms with van der Waals surface area (Å²) in [4.78, 5) is 8.18. The molecule has 8 heteroatoms. The van der Waals surface area contributed by atoms with Gasteiger partial charge in [-0.2, -0.15) is 9.97 Å². The molecule has 0 unspecified atom stereocenters. The van der Waals surface area contributed by atoms with Crippen molar-refractivity contribution in [3.05, 3.63) is 35.0 Å². The van der Waals surface area contributed by atoms with Crippen molar-refractivity contribution in [2.75, 3.05) is 5.32 Å². The summed E-state index contributed by atoms with van der Waals surface area (Å²) in [6.07, 6.45) is 3.12. The lowest BCUT2D eigenvalue weighted by atomic mass is 10.5. The third kappa shape index (κ3) is 2.11. The molecule has 17 heavy (non-hydrogen) atoms. The molecule has 0 radical (unpaired) electrons. The maximum atomic E-state index is 4.62. The van der Waals surface area contributed by atoms with Gasteiger partial charge in [0.25, 0.3) is 0 Å². The highest BCUT2D eigenvalue weighted by molar-refractivity contribution is 9.10. The molecular weight excluding hydrogens is 288 g/mol. The van der Waals surface area contributed by atoms with E-state index < -0.39 is 0 Å². The number of fused-ring (bicyclic) bond motifs is 1. The summed E-state index contributed by atoms with van der Waals surface area (Å²) in [5.74, 6) is 1.08. The predicted molar refractivity (Wildman–Crippen MR) is 62.3 cm³/mol. The van der Waals surface area contributed by atoms with Crippen molar-refractivity contribution in [1.82, 2.24) is 24.7 Å². The van der Waals surface area contributed by atoms with Gasteiger partial charge in [-0.1, -0.05) is 5.16 Å². The third-order valence-electron chi connectivity index (χ3n) is 2.11. The number of nitrogens with zero attached hydrogens (tertiary/aromatic N) is 5. The van der Waals surface area contributed by atoms with Gasteiger partial charge in [0.15, 0.2) is 11.5 Å². The minimum absolute atomic E-state index is 0.425. The van der Waals surface area contributed by atoms with Gasteiger partial charge in [0.1, 0.15) is 0 Å². The van der Waals surface area contributed by atoms with Crippen LogP contribution in [-0.2, 0) is 6.54 Å². The van der Waals surface area contributed by atoms with Gasteiger partial charge < -0.3 is 9.84 Å². The van der Waals surface area contributed by atoms with E-state index in [9.17, 15) is 0 Å². The number of hydrogen-bond acceptors (Lipinski definition) is 6. The fourth-order valence-electron chi connectivity index (χ4n) is 1.36.